The third-order valence-corrected chi connectivity index (χ3v) is 4.99. The number of aliphatic hydroxyl groups is 1. The minimum absolute atomic E-state index is 0.0282. The molecule has 20 heavy (non-hydrogen) atoms. The maximum absolute atomic E-state index is 12.4. The molecule has 0 aliphatic carbocycles. The van der Waals surface area contributed by atoms with Crippen molar-refractivity contribution in [1.82, 2.24) is 10.6 Å². The highest BCUT2D eigenvalue weighted by Crippen LogP contribution is 2.32. The van der Waals surface area contributed by atoms with Crippen LogP contribution in [-0.2, 0) is 4.79 Å². The number of carbonyl (C=O) groups is 1. The van der Waals surface area contributed by atoms with E-state index in [1.165, 1.54) is 0 Å². The van der Waals surface area contributed by atoms with Gasteiger partial charge in [0, 0.05) is 12.0 Å². The van der Waals surface area contributed by atoms with E-state index in [1.54, 1.807) is 11.3 Å². The van der Waals surface area contributed by atoms with Crippen LogP contribution >= 0.6 is 11.3 Å². The van der Waals surface area contributed by atoms with E-state index in [0.29, 0.717) is 5.92 Å². The molecule has 2 rings (SSSR count). The lowest BCUT2D eigenvalue weighted by atomic mass is 9.74. The first-order valence-electron chi connectivity index (χ1n) is 7.21. The Morgan fingerprint density at radius 1 is 1.65 bits per heavy atom. The molecule has 1 saturated heterocycles. The van der Waals surface area contributed by atoms with Crippen molar-refractivity contribution in [2.45, 2.75) is 32.8 Å². The fourth-order valence-electron chi connectivity index (χ4n) is 2.65. The van der Waals surface area contributed by atoms with E-state index >= 15 is 0 Å². The number of piperidine rings is 1. The van der Waals surface area contributed by atoms with Crippen LogP contribution in [0.2, 0.25) is 0 Å². The Balaban J connectivity index is 1.86. The van der Waals surface area contributed by atoms with Gasteiger partial charge in [0.25, 0.3) is 0 Å². The summed E-state index contributed by atoms with van der Waals surface area (Å²) in [6.45, 7) is 6.21. The summed E-state index contributed by atoms with van der Waals surface area (Å²) in [7, 11) is 0. The molecule has 2 atom stereocenters. The largest absolute Gasteiger partial charge is 0.387 e. The summed E-state index contributed by atoms with van der Waals surface area (Å²) in [5.74, 6) is 0.384. The second-order valence-electron chi connectivity index (χ2n) is 6.05. The van der Waals surface area contributed by atoms with Gasteiger partial charge in [-0.05, 0) is 54.2 Å². The Morgan fingerprint density at radius 2 is 2.45 bits per heavy atom. The van der Waals surface area contributed by atoms with Gasteiger partial charge in [-0.15, -0.1) is 0 Å². The molecule has 0 spiro atoms. The van der Waals surface area contributed by atoms with Crippen molar-refractivity contribution < 1.29 is 9.90 Å². The number of carbonyl (C=O) groups excluding carboxylic acids is 1. The van der Waals surface area contributed by atoms with E-state index < -0.39 is 11.5 Å². The van der Waals surface area contributed by atoms with E-state index in [2.05, 4.69) is 10.6 Å². The molecule has 1 aliphatic heterocycles. The molecule has 5 heteroatoms. The molecule has 2 heterocycles. The number of aliphatic hydroxyl groups excluding tert-OH is 1. The monoisotopic (exact) mass is 296 g/mol. The summed E-state index contributed by atoms with van der Waals surface area (Å²) in [4.78, 5) is 12.4. The summed E-state index contributed by atoms with van der Waals surface area (Å²) in [5.41, 5.74) is 0.467. The first-order valence-corrected chi connectivity index (χ1v) is 8.15. The van der Waals surface area contributed by atoms with Crippen molar-refractivity contribution in [2.24, 2.45) is 11.3 Å². The van der Waals surface area contributed by atoms with Crippen LogP contribution in [0.15, 0.2) is 16.8 Å². The summed E-state index contributed by atoms with van der Waals surface area (Å²) in [5, 5.41) is 20.1. The van der Waals surface area contributed by atoms with E-state index in [-0.39, 0.29) is 12.5 Å². The Bertz CT molecular complexity index is 425. The molecular weight excluding hydrogens is 272 g/mol. The number of rotatable bonds is 5. The number of amides is 1. The molecule has 1 aromatic heterocycles. The smallest absolute Gasteiger partial charge is 0.226 e. The molecule has 0 bridgehead atoms. The van der Waals surface area contributed by atoms with E-state index in [9.17, 15) is 9.90 Å². The Labute approximate surface area is 124 Å². The average molecular weight is 296 g/mol. The second-order valence-corrected chi connectivity index (χ2v) is 6.83. The molecule has 3 N–H and O–H groups in total. The maximum Gasteiger partial charge on any atom is 0.226 e. The highest BCUT2D eigenvalue weighted by Gasteiger charge is 2.37. The Kier molecular flexibility index (Phi) is 5.18. The topological polar surface area (TPSA) is 61.4 Å². The van der Waals surface area contributed by atoms with Gasteiger partial charge in [0.2, 0.25) is 5.91 Å². The second kappa shape index (κ2) is 6.70. The molecule has 1 aliphatic rings. The molecule has 4 nitrogen and oxygen atoms in total. The van der Waals surface area contributed by atoms with Gasteiger partial charge >= 0.3 is 0 Å². The predicted octanol–water partition coefficient (Wildman–Crippen LogP) is 1.92. The standard InChI is InChI=1S/C15H24N2O2S/c1-15(2,12-4-3-6-16-8-12)14(19)17-9-13(18)11-5-7-20-10-11/h5,7,10,12-13,16,18H,3-4,6,8-9H2,1-2H3,(H,17,19). The zero-order valence-electron chi connectivity index (χ0n) is 12.2. The molecule has 1 aromatic rings. The van der Waals surface area contributed by atoms with Crippen LogP contribution in [0.5, 0.6) is 0 Å². The van der Waals surface area contributed by atoms with E-state index in [1.807, 2.05) is 30.7 Å². The quantitative estimate of drug-likeness (QED) is 0.778. The molecule has 2 unspecified atom stereocenters. The number of thiophene rings is 1. The fraction of sp³-hybridized carbons (Fsp3) is 0.667. The van der Waals surface area contributed by atoms with Gasteiger partial charge in [-0.3, -0.25) is 4.79 Å². The minimum Gasteiger partial charge on any atom is -0.387 e. The van der Waals surface area contributed by atoms with Crippen LogP contribution in [0.1, 0.15) is 38.4 Å². The van der Waals surface area contributed by atoms with E-state index in [4.69, 9.17) is 0 Å². The SMILES string of the molecule is CC(C)(C(=O)NCC(O)c1ccsc1)C1CCCNC1. The molecule has 1 fully saturated rings. The third-order valence-electron chi connectivity index (χ3n) is 4.29. The van der Waals surface area contributed by atoms with Crippen molar-refractivity contribution in [3.8, 4) is 0 Å². The predicted molar refractivity (Wildman–Crippen MR) is 81.7 cm³/mol. The average Bonchev–Trinajstić information content (AvgIpc) is 2.99. The van der Waals surface area contributed by atoms with Crippen molar-refractivity contribution in [1.29, 1.82) is 0 Å². The fourth-order valence-corrected chi connectivity index (χ4v) is 3.36. The van der Waals surface area contributed by atoms with Crippen molar-refractivity contribution >= 4 is 17.2 Å². The van der Waals surface area contributed by atoms with E-state index in [0.717, 1.165) is 31.5 Å². The molecular formula is C15H24N2O2S. The maximum atomic E-state index is 12.4. The van der Waals surface area contributed by atoms with Gasteiger partial charge in [0.1, 0.15) is 0 Å². The molecule has 0 radical (unpaired) electrons. The van der Waals surface area contributed by atoms with Gasteiger partial charge in [0.15, 0.2) is 0 Å². The molecule has 0 saturated carbocycles. The Hall–Kier alpha value is -0.910. The van der Waals surface area contributed by atoms with Gasteiger partial charge in [0.05, 0.1) is 6.10 Å². The van der Waals surface area contributed by atoms with Crippen LogP contribution in [-0.4, -0.2) is 30.6 Å². The summed E-state index contributed by atoms with van der Waals surface area (Å²) >= 11 is 1.55. The number of nitrogens with one attached hydrogen (secondary N) is 2. The lowest BCUT2D eigenvalue weighted by Crippen LogP contribution is -2.48. The lowest BCUT2D eigenvalue weighted by Gasteiger charge is -2.36. The van der Waals surface area contributed by atoms with Gasteiger partial charge in [-0.25, -0.2) is 0 Å². The first kappa shape index (κ1) is 15.5. The highest BCUT2D eigenvalue weighted by molar-refractivity contribution is 7.07. The first-order chi connectivity index (χ1) is 9.51. The van der Waals surface area contributed by atoms with Crippen molar-refractivity contribution in [2.75, 3.05) is 19.6 Å². The normalized spacial score (nSPS) is 21.4. The van der Waals surface area contributed by atoms with Crippen molar-refractivity contribution in [3.63, 3.8) is 0 Å². The highest BCUT2D eigenvalue weighted by atomic mass is 32.1. The summed E-state index contributed by atoms with van der Waals surface area (Å²) < 4.78 is 0. The van der Waals surface area contributed by atoms with Crippen LogP contribution in [0, 0.1) is 11.3 Å². The molecule has 1 amide bonds. The summed E-state index contributed by atoms with van der Waals surface area (Å²) in [6, 6.07) is 1.89. The lowest BCUT2D eigenvalue weighted by molar-refractivity contribution is -0.133. The molecule has 112 valence electrons. The summed E-state index contributed by atoms with van der Waals surface area (Å²) in [6.07, 6.45) is 1.59. The zero-order valence-corrected chi connectivity index (χ0v) is 13.0. The minimum atomic E-state index is -0.620. The number of hydrogen-bond donors (Lipinski definition) is 3. The van der Waals surface area contributed by atoms with Crippen LogP contribution in [0.25, 0.3) is 0 Å². The Morgan fingerprint density at radius 3 is 3.05 bits per heavy atom. The van der Waals surface area contributed by atoms with Crippen LogP contribution in [0.4, 0.5) is 0 Å². The van der Waals surface area contributed by atoms with Gasteiger partial charge in [-0.1, -0.05) is 13.8 Å². The van der Waals surface area contributed by atoms with Crippen molar-refractivity contribution in [3.05, 3.63) is 22.4 Å². The van der Waals surface area contributed by atoms with Crippen LogP contribution < -0.4 is 10.6 Å². The molecule has 0 aromatic carbocycles. The van der Waals surface area contributed by atoms with Crippen LogP contribution in [0.3, 0.4) is 0 Å². The zero-order chi connectivity index (χ0) is 14.6. The van der Waals surface area contributed by atoms with Gasteiger partial charge in [-0.2, -0.15) is 11.3 Å². The van der Waals surface area contributed by atoms with Gasteiger partial charge < -0.3 is 15.7 Å². The number of hydrogen-bond acceptors (Lipinski definition) is 4. The third kappa shape index (κ3) is 3.59.